The van der Waals surface area contributed by atoms with E-state index in [1.807, 2.05) is 13.8 Å². The van der Waals surface area contributed by atoms with Crippen molar-refractivity contribution in [3.05, 3.63) is 17.6 Å². The van der Waals surface area contributed by atoms with Crippen LogP contribution in [0.25, 0.3) is 5.78 Å². The van der Waals surface area contributed by atoms with Crippen LogP contribution in [0.2, 0.25) is 0 Å². The third kappa shape index (κ3) is 4.01. The standard InChI is InChI=1S/C18H25N5O4/c1-4-26-15(24)10-14-12(3)21-18-19-11-20-23(18)16(14)22-8-6-13(7-9-22)17(25)27-5-2/h11,13H,4-10H2,1-3H3. The molecular weight excluding hydrogens is 350 g/mol. The lowest BCUT2D eigenvalue weighted by molar-refractivity contribution is -0.148. The van der Waals surface area contributed by atoms with Crippen LogP contribution >= 0.6 is 0 Å². The Bertz CT molecular complexity index is 827. The Morgan fingerprint density at radius 3 is 2.56 bits per heavy atom. The molecule has 1 aliphatic heterocycles. The van der Waals surface area contributed by atoms with Crippen LogP contribution in [0.3, 0.4) is 0 Å². The average Bonchev–Trinajstić information content (AvgIpc) is 3.10. The number of carbonyl (C=O) groups is 2. The van der Waals surface area contributed by atoms with Crippen LogP contribution in [-0.2, 0) is 25.5 Å². The quantitative estimate of drug-likeness (QED) is 0.697. The Kier molecular flexibility index (Phi) is 5.88. The molecule has 9 heteroatoms. The number of aromatic nitrogens is 4. The highest BCUT2D eigenvalue weighted by Gasteiger charge is 2.29. The first kappa shape index (κ1) is 19.1. The third-order valence-corrected chi connectivity index (χ3v) is 4.75. The zero-order valence-electron chi connectivity index (χ0n) is 16.0. The summed E-state index contributed by atoms with van der Waals surface area (Å²) in [7, 11) is 0. The second-order valence-corrected chi connectivity index (χ2v) is 6.47. The molecule has 2 aromatic rings. The normalized spacial score (nSPS) is 15.1. The van der Waals surface area contributed by atoms with Gasteiger partial charge in [-0.1, -0.05) is 0 Å². The number of esters is 2. The highest BCUT2D eigenvalue weighted by Crippen LogP contribution is 2.29. The van der Waals surface area contributed by atoms with Gasteiger partial charge in [0.05, 0.1) is 25.6 Å². The Hall–Kier alpha value is -2.71. The summed E-state index contributed by atoms with van der Waals surface area (Å²) in [4.78, 5) is 34.9. The van der Waals surface area contributed by atoms with E-state index >= 15 is 0 Å². The fourth-order valence-electron chi connectivity index (χ4n) is 3.44. The van der Waals surface area contributed by atoms with Gasteiger partial charge < -0.3 is 14.4 Å². The number of nitrogens with zero attached hydrogens (tertiary/aromatic N) is 5. The molecule has 0 unspecified atom stereocenters. The Morgan fingerprint density at radius 1 is 1.19 bits per heavy atom. The zero-order valence-corrected chi connectivity index (χ0v) is 16.0. The molecule has 0 spiro atoms. The number of aryl methyl sites for hydroxylation is 1. The van der Waals surface area contributed by atoms with Crippen molar-refractivity contribution in [1.29, 1.82) is 0 Å². The largest absolute Gasteiger partial charge is 0.466 e. The van der Waals surface area contributed by atoms with Gasteiger partial charge in [-0.05, 0) is 33.6 Å². The summed E-state index contributed by atoms with van der Waals surface area (Å²) >= 11 is 0. The van der Waals surface area contributed by atoms with E-state index in [4.69, 9.17) is 9.47 Å². The first-order valence-corrected chi connectivity index (χ1v) is 9.31. The molecule has 3 rings (SSSR count). The molecule has 27 heavy (non-hydrogen) atoms. The molecule has 1 saturated heterocycles. The minimum Gasteiger partial charge on any atom is -0.466 e. The number of ether oxygens (including phenoxy) is 2. The highest BCUT2D eigenvalue weighted by atomic mass is 16.5. The molecular formula is C18H25N5O4. The summed E-state index contributed by atoms with van der Waals surface area (Å²) in [6.07, 6.45) is 2.95. The topological polar surface area (TPSA) is 98.9 Å². The van der Waals surface area contributed by atoms with Crippen LogP contribution in [-0.4, -0.2) is 57.8 Å². The number of rotatable bonds is 6. The lowest BCUT2D eigenvalue weighted by atomic mass is 9.96. The second-order valence-electron chi connectivity index (χ2n) is 6.47. The van der Waals surface area contributed by atoms with Crippen molar-refractivity contribution < 1.29 is 19.1 Å². The molecule has 0 aromatic carbocycles. The summed E-state index contributed by atoms with van der Waals surface area (Å²) in [6.45, 7) is 7.51. The Morgan fingerprint density at radius 2 is 1.89 bits per heavy atom. The summed E-state index contributed by atoms with van der Waals surface area (Å²) in [5, 5.41) is 4.29. The van der Waals surface area contributed by atoms with Crippen LogP contribution in [0.15, 0.2) is 6.33 Å². The maximum atomic E-state index is 12.1. The van der Waals surface area contributed by atoms with Gasteiger partial charge in [-0.25, -0.2) is 4.98 Å². The molecule has 0 N–H and O–H groups in total. The van der Waals surface area contributed by atoms with Crippen LogP contribution in [0.4, 0.5) is 5.82 Å². The van der Waals surface area contributed by atoms with Gasteiger partial charge in [0, 0.05) is 24.3 Å². The van der Waals surface area contributed by atoms with E-state index in [1.165, 1.54) is 6.33 Å². The van der Waals surface area contributed by atoms with Crippen molar-refractivity contribution in [2.24, 2.45) is 5.92 Å². The van der Waals surface area contributed by atoms with Gasteiger partial charge in [0.15, 0.2) is 0 Å². The second kappa shape index (κ2) is 8.32. The predicted molar refractivity (Wildman–Crippen MR) is 97.4 cm³/mol. The fraction of sp³-hybridized carbons (Fsp3) is 0.611. The lowest BCUT2D eigenvalue weighted by Crippen LogP contribution is -2.39. The molecule has 3 heterocycles. The molecule has 1 fully saturated rings. The molecule has 0 radical (unpaired) electrons. The van der Waals surface area contributed by atoms with E-state index in [-0.39, 0.29) is 24.3 Å². The number of carbonyl (C=O) groups excluding carboxylic acids is 2. The van der Waals surface area contributed by atoms with Crippen LogP contribution in [0.1, 0.15) is 37.9 Å². The van der Waals surface area contributed by atoms with E-state index in [9.17, 15) is 9.59 Å². The minimum absolute atomic E-state index is 0.0936. The average molecular weight is 375 g/mol. The maximum Gasteiger partial charge on any atom is 0.310 e. The smallest absolute Gasteiger partial charge is 0.310 e. The molecule has 0 amide bonds. The summed E-state index contributed by atoms with van der Waals surface area (Å²) < 4.78 is 11.9. The zero-order chi connectivity index (χ0) is 19.4. The van der Waals surface area contributed by atoms with Crippen molar-refractivity contribution in [3.8, 4) is 0 Å². The number of piperidine rings is 1. The maximum absolute atomic E-state index is 12.1. The molecule has 0 saturated carbocycles. The fourth-order valence-corrected chi connectivity index (χ4v) is 3.44. The van der Waals surface area contributed by atoms with Crippen molar-refractivity contribution in [3.63, 3.8) is 0 Å². The van der Waals surface area contributed by atoms with Gasteiger partial charge in [0.1, 0.15) is 12.1 Å². The SMILES string of the molecule is CCOC(=O)Cc1c(C)nc2ncnn2c1N1CCC(C(=O)OCC)CC1. The highest BCUT2D eigenvalue weighted by molar-refractivity contribution is 5.76. The van der Waals surface area contributed by atoms with Gasteiger partial charge in [-0.2, -0.15) is 14.6 Å². The van der Waals surface area contributed by atoms with Crippen LogP contribution in [0, 0.1) is 12.8 Å². The predicted octanol–water partition coefficient (Wildman–Crippen LogP) is 1.32. The Balaban J connectivity index is 1.89. The number of fused-ring (bicyclic) bond motifs is 1. The van der Waals surface area contributed by atoms with E-state index in [1.54, 1.807) is 11.4 Å². The molecule has 146 valence electrons. The van der Waals surface area contributed by atoms with Crippen molar-refractivity contribution in [2.75, 3.05) is 31.2 Å². The summed E-state index contributed by atoms with van der Waals surface area (Å²) in [5.74, 6) is 0.752. The first-order chi connectivity index (χ1) is 13.0. The molecule has 0 aliphatic carbocycles. The van der Waals surface area contributed by atoms with Gasteiger partial charge >= 0.3 is 11.9 Å². The monoisotopic (exact) mass is 375 g/mol. The van der Waals surface area contributed by atoms with Gasteiger partial charge in [0.2, 0.25) is 0 Å². The number of anilines is 1. The van der Waals surface area contributed by atoms with E-state index in [0.717, 1.165) is 17.1 Å². The lowest BCUT2D eigenvalue weighted by Gasteiger charge is -2.33. The van der Waals surface area contributed by atoms with Crippen molar-refractivity contribution in [2.45, 2.75) is 40.0 Å². The van der Waals surface area contributed by atoms with Crippen LogP contribution in [0.5, 0.6) is 0 Å². The summed E-state index contributed by atoms with van der Waals surface area (Å²) in [6, 6.07) is 0. The number of hydrogen-bond acceptors (Lipinski definition) is 8. The van der Waals surface area contributed by atoms with E-state index in [2.05, 4.69) is 20.0 Å². The van der Waals surface area contributed by atoms with Gasteiger partial charge in [0.25, 0.3) is 5.78 Å². The first-order valence-electron chi connectivity index (χ1n) is 9.31. The molecule has 2 aromatic heterocycles. The van der Waals surface area contributed by atoms with Crippen LogP contribution < -0.4 is 4.90 Å². The van der Waals surface area contributed by atoms with Crippen molar-refractivity contribution in [1.82, 2.24) is 19.6 Å². The molecule has 9 nitrogen and oxygen atoms in total. The van der Waals surface area contributed by atoms with E-state index < -0.39 is 0 Å². The van der Waals surface area contributed by atoms with Gasteiger partial charge in [-0.15, -0.1) is 0 Å². The molecule has 1 aliphatic rings. The molecule has 0 atom stereocenters. The van der Waals surface area contributed by atoms with E-state index in [0.29, 0.717) is 44.9 Å². The molecule has 0 bridgehead atoms. The minimum atomic E-state index is -0.301. The van der Waals surface area contributed by atoms with Crippen molar-refractivity contribution >= 4 is 23.5 Å². The summed E-state index contributed by atoms with van der Waals surface area (Å²) in [5.41, 5.74) is 1.51. The number of hydrogen-bond donors (Lipinski definition) is 0. The van der Waals surface area contributed by atoms with Gasteiger partial charge in [-0.3, -0.25) is 9.59 Å². The third-order valence-electron chi connectivity index (χ3n) is 4.75. The Labute approximate surface area is 157 Å².